The van der Waals surface area contributed by atoms with Gasteiger partial charge in [-0.15, -0.1) is 6.58 Å². The number of hydrogen-bond acceptors (Lipinski definition) is 0. The van der Waals surface area contributed by atoms with Crippen LogP contribution in [0.1, 0.15) is 26.7 Å². The lowest BCUT2D eigenvalue weighted by Crippen LogP contribution is -1.69. The van der Waals surface area contributed by atoms with Gasteiger partial charge in [0.1, 0.15) is 0 Å². The highest BCUT2D eigenvalue weighted by atomic mass is 13.9. The van der Waals surface area contributed by atoms with Crippen LogP contribution >= 0.6 is 0 Å². The molecule has 46 valence electrons. The molecule has 0 aromatic rings. The van der Waals surface area contributed by atoms with Crippen LogP contribution in [0.3, 0.4) is 0 Å². The van der Waals surface area contributed by atoms with Crippen molar-refractivity contribution in [2.24, 2.45) is 0 Å². The summed E-state index contributed by atoms with van der Waals surface area (Å²) in [5.41, 5.74) is 1.27. The second-order valence-electron chi connectivity index (χ2n) is 2.06. The first kappa shape index (κ1) is 7.48. The van der Waals surface area contributed by atoms with Crippen molar-refractivity contribution in [2.45, 2.75) is 26.7 Å². The van der Waals surface area contributed by atoms with Crippen LogP contribution in [0.5, 0.6) is 0 Å². The van der Waals surface area contributed by atoms with Gasteiger partial charge in [0.2, 0.25) is 0 Å². The molecule has 0 N–H and O–H groups in total. The topological polar surface area (TPSA) is 0 Å². The van der Waals surface area contributed by atoms with Crippen molar-refractivity contribution in [3.63, 3.8) is 0 Å². The Morgan fingerprint density at radius 3 is 2.62 bits per heavy atom. The maximum Gasteiger partial charge on any atom is -0.0291 e. The predicted molar refractivity (Wildman–Crippen MR) is 38.9 cm³/mol. The van der Waals surface area contributed by atoms with Crippen molar-refractivity contribution in [1.82, 2.24) is 0 Å². The van der Waals surface area contributed by atoms with Crippen LogP contribution in [-0.2, 0) is 0 Å². The fourth-order valence-corrected chi connectivity index (χ4v) is 0.496. The summed E-state index contributed by atoms with van der Waals surface area (Å²) in [6.45, 7) is 7.89. The summed E-state index contributed by atoms with van der Waals surface area (Å²) in [7, 11) is 0. The molecule has 0 aliphatic carbocycles. The van der Waals surface area contributed by atoms with Gasteiger partial charge in [-0.3, -0.25) is 0 Å². The molecule has 8 heavy (non-hydrogen) atoms. The minimum absolute atomic E-state index is 1.13. The molecule has 0 rings (SSSR count). The number of hydrogen-bond donors (Lipinski definition) is 0. The zero-order chi connectivity index (χ0) is 6.41. The van der Waals surface area contributed by atoms with E-state index in [4.69, 9.17) is 0 Å². The zero-order valence-corrected chi connectivity index (χ0v) is 5.78. The molecule has 0 aliphatic heterocycles. The van der Waals surface area contributed by atoms with Crippen LogP contribution in [0, 0.1) is 0 Å². The van der Waals surface area contributed by atoms with E-state index in [1.54, 1.807) is 0 Å². The van der Waals surface area contributed by atoms with E-state index in [1.165, 1.54) is 5.57 Å². The van der Waals surface area contributed by atoms with Crippen LogP contribution in [-0.4, -0.2) is 0 Å². The van der Waals surface area contributed by atoms with Gasteiger partial charge in [0.05, 0.1) is 0 Å². The van der Waals surface area contributed by atoms with Gasteiger partial charge in [-0.25, -0.2) is 0 Å². The monoisotopic (exact) mass is 110 g/mol. The fraction of sp³-hybridized carbons (Fsp3) is 0.500. The van der Waals surface area contributed by atoms with Crippen molar-refractivity contribution in [3.05, 3.63) is 24.3 Å². The van der Waals surface area contributed by atoms with E-state index in [-0.39, 0.29) is 0 Å². The number of allylic oxidation sites excluding steroid dienone is 3. The van der Waals surface area contributed by atoms with Crippen molar-refractivity contribution in [2.75, 3.05) is 0 Å². The Morgan fingerprint density at radius 2 is 2.25 bits per heavy atom. The quantitative estimate of drug-likeness (QED) is 0.490. The Balaban J connectivity index is 3.05. The molecular weight excluding hydrogens is 96.1 g/mol. The molecule has 0 aromatic heterocycles. The fourth-order valence-electron chi connectivity index (χ4n) is 0.496. The molecule has 0 unspecified atom stereocenters. The zero-order valence-electron chi connectivity index (χ0n) is 5.78. The van der Waals surface area contributed by atoms with Gasteiger partial charge in [0, 0.05) is 0 Å². The van der Waals surface area contributed by atoms with E-state index >= 15 is 0 Å². The van der Waals surface area contributed by atoms with Gasteiger partial charge in [0.25, 0.3) is 0 Å². The van der Waals surface area contributed by atoms with Crippen LogP contribution in [0.25, 0.3) is 0 Å². The van der Waals surface area contributed by atoms with Gasteiger partial charge < -0.3 is 0 Å². The van der Waals surface area contributed by atoms with Gasteiger partial charge in [-0.05, 0) is 26.7 Å². The van der Waals surface area contributed by atoms with Crippen LogP contribution in [0.2, 0.25) is 0 Å². The molecule has 0 atom stereocenters. The normalized spacial score (nSPS) is 10.2. The first-order valence-corrected chi connectivity index (χ1v) is 3.03. The lowest BCUT2D eigenvalue weighted by Gasteiger charge is -1.90. The van der Waals surface area contributed by atoms with E-state index in [1.807, 2.05) is 6.92 Å². The van der Waals surface area contributed by atoms with E-state index < -0.39 is 0 Å². The first-order chi connectivity index (χ1) is 3.77. The van der Waals surface area contributed by atoms with Gasteiger partial charge >= 0.3 is 0 Å². The van der Waals surface area contributed by atoms with Crippen LogP contribution < -0.4 is 0 Å². The third kappa shape index (κ3) is 5.48. The molecule has 0 fully saturated rings. The second-order valence-corrected chi connectivity index (χ2v) is 2.06. The molecule has 0 bridgehead atoms. The molecule has 0 saturated carbocycles. The smallest absolute Gasteiger partial charge is 0.0291 e. The summed E-state index contributed by atoms with van der Waals surface area (Å²) in [5, 5.41) is 0. The third-order valence-electron chi connectivity index (χ3n) is 0.973. The van der Waals surface area contributed by atoms with Crippen LogP contribution in [0.4, 0.5) is 0 Å². The summed E-state index contributed by atoms with van der Waals surface area (Å²) < 4.78 is 0. The SMILES string of the molecule is C=C(C)CC/C=C\C. The van der Waals surface area contributed by atoms with Crippen molar-refractivity contribution in [1.29, 1.82) is 0 Å². The Morgan fingerprint density at radius 1 is 1.62 bits per heavy atom. The molecule has 0 radical (unpaired) electrons. The predicted octanol–water partition coefficient (Wildman–Crippen LogP) is 2.92. The van der Waals surface area contributed by atoms with Crippen molar-refractivity contribution >= 4 is 0 Å². The van der Waals surface area contributed by atoms with E-state index in [0.29, 0.717) is 0 Å². The molecule has 0 saturated heterocycles. The van der Waals surface area contributed by atoms with Crippen molar-refractivity contribution < 1.29 is 0 Å². The van der Waals surface area contributed by atoms with Gasteiger partial charge in [0.15, 0.2) is 0 Å². The maximum absolute atomic E-state index is 3.79. The van der Waals surface area contributed by atoms with Gasteiger partial charge in [-0.1, -0.05) is 17.7 Å². The summed E-state index contributed by atoms with van der Waals surface area (Å²) in [4.78, 5) is 0. The molecule has 0 spiro atoms. The Kier molecular flexibility index (Phi) is 4.33. The third-order valence-corrected chi connectivity index (χ3v) is 0.973. The van der Waals surface area contributed by atoms with Crippen molar-refractivity contribution in [3.8, 4) is 0 Å². The molecule has 0 aromatic carbocycles. The minimum Gasteiger partial charge on any atom is -0.100 e. The van der Waals surface area contributed by atoms with E-state index in [9.17, 15) is 0 Å². The van der Waals surface area contributed by atoms with Crippen LogP contribution in [0.15, 0.2) is 24.3 Å². The molecule has 0 amide bonds. The second kappa shape index (κ2) is 4.63. The Hall–Kier alpha value is -0.520. The Labute approximate surface area is 51.9 Å². The van der Waals surface area contributed by atoms with E-state index in [0.717, 1.165) is 12.8 Å². The van der Waals surface area contributed by atoms with E-state index in [2.05, 4.69) is 25.7 Å². The Bertz CT molecular complexity index is 88.2. The first-order valence-electron chi connectivity index (χ1n) is 3.03. The highest BCUT2D eigenvalue weighted by Gasteiger charge is 1.79. The average Bonchev–Trinajstić information content (AvgIpc) is 1.66. The largest absolute Gasteiger partial charge is 0.100 e. The average molecular weight is 110 g/mol. The molecule has 0 aliphatic rings. The van der Waals surface area contributed by atoms with Gasteiger partial charge in [-0.2, -0.15) is 0 Å². The summed E-state index contributed by atoms with van der Waals surface area (Å²) in [5.74, 6) is 0. The molecular formula is C8H14. The summed E-state index contributed by atoms with van der Waals surface area (Å²) in [6.07, 6.45) is 6.51. The standard InChI is InChI=1S/C8H14/c1-4-5-6-7-8(2)3/h4-5H,2,6-7H2,1,3H3/b5-4-. The number of rotatable bonds is 3. The molecule has 0 heterocycles. The molecule has 0 nitrogen and oxygen atoms in total. The highest BCUT2D eigenvalue weighted by Crippen LogP contribution is 1.99. The maximum atomic E-state index is 3.79. The summed E-state index contributed by atoms with van der Waals surface area (Å²) >= 11 is 0. The highest BCUT2D eigenvalue weighted by molar-refractivity contribution is 4.91. The molecule has 0 heteroatoms. The lowest BCUT2D eigenvalue weighted by atomic mass is 10.2. The lowest BCUT2D eigenvalue weighted by molar-refractivity contribution is 0.982. The summed E-state index contributed by atoms with van der Waals surface area (Å²) in [6, 6.07) is 0. The minimum atomic E-state index is 1.13.